The summed E-state index contributed by atoms with van der Waals surface area (Å²) in [5.41, 5.74) is 1.36. The van der Waals surface area contributed by atoms with Gasteiger partial charge in [-0.1, -0.05) is 19.1 Å². The number of carbonyl (C=O) groups is 3. The first-order chi connectivity index (χ1) is 12.5. The molecule has 1 aromatic carbocycles. The third kappa shape index (κ3) is 4.81. The fourth-order valence-corrected chi connectivity index (χ4v) is 2.77. The van der Waals surface area contributed by atoms with Gasteiger partial charge >= 0.3 is 11.9 Å². The van der Waals surface area contributed by atoms with Crippen LogP contribution in [0.5, 0.6) is 5.75 Å². The Labute approximate surface area is 152 Å². The molecule has 0 aliphatic rings. The van der Waals surface area contributed by atoms with Gasteiger partial charge in [-0.25, -0.2) is 4.79 Å². The predicted octanol–water partition coefficient (Wildman–Crippen LogP) is 3.35. The van der Waals surface area contributed by atoms with E-state index in [4.69, 9.17) is 9.47 Å². The van der Waals surface area contributed by atoms with Crippen molar-refractivity contribution < 1.29 is 23.9 Å². The molecule has 0 bridgehead atoms. The largest absolute Gasteiger partial charge is 0.467 e. The quantitative estimate of drug-likeness (QED) is 0.411. The van der Waals surface area contributed by atoms with Gasteiger partial charge in [0.2, 0.25) is 0 Å². The van der Waals surface area contributed by atoms with Gasteiger partial charge in [0.05, 0.1) is 12.8 Å². The molecule has 1 heterocycles. The number of benzene rings is 1. The van der Waals surface area contributed by atoms with E-state index in [1.807, 2.05) is 6.92 Å². The van der Waals surface area contributed by atoms with Gasteiger partial charge < -0.3 is 14.0 Å². The van der Waals surface area contributed by atoms with E-state index in [-0.39, 0.29) is 5.78 Å². The van der Waals surface area contributed by atoms with Crippen LogP contribution in [-0.2, 0) is 20.7 Å². The number of hydrogen-bond donors (Lipinski definition) is 0. The van der Waals surface area contributed by atoms with E-state index >= 15 is 0 Å². The number of ether oxygens (including phenoxy) is 2. The molecule has 6 heteroatoms. The second kappa shape index (κ2) is 8.99. The summed E-state index contributed by atoms with van der Waals surface area (Å²) in [4.78, 5) is 35.7. The van der Waals surface area contributed by atoms with Gasteiger partial charge in [0.15, 0.2) is 5.78 Å². The average Bonchev–Trinajstić information content (AvgIpc) is 3.09. The van der Waals surface area contributed by atoms with Gasteiger partial charge in [0.1, 0.15) is 11.8 Å². The van der Waals surface area contributed by atoms with Crippen molar-refractivity contribution in [2.75, 3.05) is 7.11 Å². The number of ketones is 1. The van der Waals surface area contributed by atoms with Crippen molar-refractivity contribution in [1.82, 2.24) is 4.57 Å². The summed E-state index contributed by atoms with van der Waals surface area (Å²) in [6, 6.07) is 9.73. The average molecular weight is 357 g/mol. The van der Waals surface area contributed by atoms with Gasteiger partial charge in [-0.3, -0.25) is 9.59 Å². The van der Waals surface area contributed by atoms with Crippen LogP contribution in [0.2, 0.25) is 0 Å². The highest BCUT2D eigenvalue weighted by atomic mass is 16.5. The van der Waals surface area contributed by atoms with Crippen molar-refractivity contribution in [3.8, 4) is 5.75 Å². The number of methoxy groups -OCH3 is 1. The zero-order chi connectivity index (χ0) is 19.1. The zero-order valence-electron chi connectivity index (χ0n) is 15.2. The molecule has 0 spiro atoms. The van der Waals surface area contributed by atoms with Crippen molar-refractivity contribution in [1.29, 1.82) is 0 Å². The van der Waals surface area contributed by atoms with E-state index in [0.29, 0.717) is 24.3 Å². The Morgan fingerprint density at radius 3 is 2.38 bits per heavy atom. The molecule has 0 fully saturated rings. The highest BCUT2D eigenvalue weighted by molar-refractivity contribution is 5.95. The van der Waals surface area contributed by atoms with Crippen LogP contribution in [0.25, 0.3) is 0 Å². The van der Waals surface area contributed by atoms with Gasteiger partial charge in [0, 0.05) is 26.0 Å². The minimum absolute atomic E-state index is 0.00314. The summed E-state index contributed by atoms with van der Waals surface area (Å²) in [5, 5.41) is 0. The summed E-state index contributed by atoms with van der Waals surface area (Å²) >= 11 is 0. The molecule has 1 unspecified atom stereocenters. The normalized spacial score (nSPS) is 11.7. The third-order valence-electron chi connectivity index (χ3n) is 3.96. The monoisotopic (exact) mass is 357 g/mol. The molecule has 1 atom stereocenters. The van der Waals surface area contributed by atoms with Gasteiger partial charge in [-0.2, -0.15) is 0 Å². The van der Waals surface area contributed by atoms with Crippen molar-refractivity contribution >= 4 is 17.7 Å². The summed E-state index contributed by atoms with van der Waals surface area (Å²) in [5.74, 6) is -0.375. The van der Waals surface area contributed by atoms with Crippen molar-refractivity contribution in [2.24, 2.45) is 0 Å². The molecule has 26 heavy (non-hydrogen) atoms. The summed E-state index contributed by atoms with van der Waals surface area (Å²) in [6.45, 7) is 3.27. The zero-order valence-corrected chi connectivity index (χ0v) is 15.2. The minimum atomic E-state index is -0.648. The lowest BCUT2D eigenvalue weighted by atomic mass is 10.0. The molecule has 0 N–H and O–H groups in total. The van der Waals surface area contributed by atoms with E-state index in [1.165, 1.54) is 14.0 Å². The van der Waals surface area contributed by atoms with E-state index in [9.17, 15) is 14.4 Å². The van der Waals surface area contributed by atoms with Crippen molar-refractivity contribution in [3.05, 3.63) is 53.9 Å². The molecule has 0 saturated carbocycles. The Kier molecular flexibility index (Phi) is 6.72. The Balaban J connectivity index is 2.26. The number of aromatic nitrogens is 1. The molecule has 2 rings (SSSR count). The molecule has 0 aliphatic carbocycles. The SMILES string of the molecule is CCCC(=O)c1cccn1C(Cc1ccc(OC(C)=O)cc1)C(=O)OC. The van der Waals surface area contributed by atoms with E-state index in [1.54, 1.807) is 47.2 Å². The summed E-state index contributed by atoms with van der Waals surface area (Å²) in [7, 11) is 1.33. The number of esters is 2. The topological polar surface area (TPSA) is 74.6 Å². The van der Waals surface area contributed by atoms with Crippen molar-refractivity contribution in [2.45, 2.75) is 39.2 Å². The van der Waals surface area contributed by atoms with Gasteiger partial charge in [-0.05, 0) is 36.2 Å². The number of hydrogen-bond acceptors (Lipinski definition) is 5. The fourth-order valence-electron chi connectivity index (χ4n) is 2.77. The predicted molar refractivity (Wildman–Crippen MR) is 96.2 cm³/mol. The lowest BCUT2D eigenvalue weighted by Crippen LogP contribution is -2.25. The van der Waals surface area contributed by atoms with Gasteiger partial charge in [0.25, 0.3) is 0 Å². The van der Waals surface area contributed by atoms with Crippen LogP contribution < -0.4 is 4.74 Å². The molecular formula is C20H23NO5. The van der Waals surface area contributed by atoms with E-state index < -0.39 is 18.0 Å². The number of rotatable bonds is 8. The maximum Gasteiger partial charge on any atom is 0.329 e. The van der Waals surface area contributed by atoms with E-state index in [2.05, 4.69) is 0 Å². The highest BCUT2D eigenvalue weighted by Gasteiger charge is 2.25. The van der Waals surface area contributed by atoms with Crippen LogP contribution in [0, 0.1) is 0 Å². The first-order valence-corrected chi connectivity index (χ1v) is 8.51. The Hall–Kier alpha value is -2.89. The van der Waals surface area contributed by atoms with Crippen LogP contribution in [0.1, 0.15) is 48.8 Å². The third-order valence-corrected chi connectivity index (χ3v) is 3.96. The number of carbonyl (C=O) groups excluding carboxylic acids is 3. The fraction of sp³-hybridized carbons (Fsp3) is 0.350. The van der Waals surface area contributed by atoms with Crippen molar-refractivity contribution in [3.63, 3.8) is 0 Å². The van der Waals surface area contributed by atoms with Crippen LogP contribution in [-0.4, -0.2) is 29.4 Å². The van der Waals surface area contributed by atoms with Crippen LogP contribution >= 0.6 is 0 Å². The highest BCUT2D eigenvalue weighted by Crippen LogP contribution is 2.22. The molecule has 0 radical (unpaired) electrons. The Bertz CT molecular complexity index is 776. The van der Waals surface area contributed by atoms with Crippen LogP contribution in [0.4, 0.5) is 0 Å². The first kappa shape index (κ1) is 19.4. The standard InChI is InChI=1S/C20H23NO5/c1-4-6-19(23)17-7-5-12-21(17)18(20(24)25-3)13-15-8-10-16(11-9-15)26-14(2)22/h5,7-12,18H,4,6,13H2,1-3H3. The summed E-state index contributed by atoms with van der Waals surface area (Å²) in [6.07, 6.45) is 3.24. The second-order valence-electron chi connectivity index (χ2n) is 5.95. The number of Topliss-reactive ketones (excluding diaryl/α,β-unsaturated/α-hetero) is 1. The smallest absolute Gasteiger partial charge is 0.329 e. The molecular weight excluding hydrogens is 334 g/mol. The molecule has 1 aromatic heterocycles. The van der Waals surface area contributed by atoms with E-state index in [0.717, 1.165) is 12.0 Å². The maximum atomic E-state index is 12.3. The van der Waals surface area contributed by atoms with Crippen LogP contribution in [0.3, 0.4) is 0 Å². The molecule has 0 amide bonds. The lowest BCUT2D eigenvalue weighted by molar-refractivity contribution is -0.144. The second-order valence-corrected chi connectivity index (χ2v) is 5.95. The maximum absolute atomic E-state index is 12.3. The van der Waals surface area contributed by atoms with Crippen LogP contribution in [0.15, 0.2) is 42.6 Å². The molecule has 0 aliphatic heterocycles. The summed E-state index contributed by atoms with van der Waals surface area (Å²) < 4.78 is 11.6. The molecule has 138 valence electrons. The number of nitrogens with zero attached hydrogens (tertiary/aromatic N) is 1. The lowest BCUT2D eigenvalue weighted by Gasteiger charge is -2.19. The Morgan fingerprint density at radius 1 is 1.12 bits per heavy atom. The molecule has 6 nitrogen and oxygen atoms in total. The first-order valence-electron chi connectivity index (χ1n) is 8.51. The molecule has 2 aromatic rings. The Morgan fingerprint density at radius 2 is 1.81 bits per heavy atom. The molecule has 0 saturated heterocycles. The minimum Gasteiger partial charge on any atom is -0.467 e. The van der Waals surface area contributed by atoms with Gasteiger partial charge in [-0.15, -0.1) is 0 Å².